The van der Waals surface area contributed by atoms with Crippen molar-refractivity contribution in [3.63, 3.8) is 0 Å². The number of rotatable bonds is 8. The van der Waals surface area contributed by atoms with E-state index in [0.717, 1.165) is 32.5 Å². The van der Waals surface area contributed by atoms with E-state index in [0.29, 0.717) is 12.5 Å². The Morgan fingerprint density at radius 1 is 1.22 bits per heavy atom. The first-order chi connectivity index (χ1) is 11.1. The third-order valence-electron chi connectivity index (χ3n) is 5.04. The predicted octanol–water partition coefficient (Wildman–Crippen LogP) is 2.25. The van der Waals surface area contributed by atoms with E-state index in [1.165, 1.54) is 32.1 Å². The Morgan fingerprint density at radius 2 is 2.00 bits per heavy atom. The van der Waals surface area contributed by atoms with E-state index in [9.17, 15) is 4.79 Å². The maximum Gasteiger partial charge on any atom is 0.217 e. The molecule has 1 aliphatic carbocycles. The minimum Gasteiger partial charge on any atom is -0.376 e. The number of amides is 1. The lowest BCUT2D eigenvalue weighted by Crippen LogP contribution is -2.47. The first-order valence-electron chi connectivity index (χ1n) is 9.36. The van der Waals surface area contributed by atoms with Crippen LogP contribution in [0.5, 0.6) is 0 Å². The van der Waals surface area contributed by atoms with Gasteiger partial charge >= 0.3 is 0 Å². The zero-order valence-electron chi connectivity index (χ0n) is 14.8. The molecular weight excluding hydrogens is 292 g/mol. The van der Waals surface area contributed by atoms with Crippen molar-refractivity contribution in [2.45, 2.75) is 77.0 Å². The van der Waals surface area contributed by atoms with Gasteiger partial charge in [-0.25, -0.2) is 0 Å². The fourth-order valence-electron chi connectivity index (χ4n) is 3.52. The van der Waals surface area contributed by atoms with E-state index in [1.807, 2.05) is 6.92 Å². The molecule has 0 spiro atoms. The number of ether oxygens (including phenoxy) is 2. The summed E-state index contributed by atoms with van der Waals surface area (Å²) in [5.41, 5.74) is 0. The van der Waals surface area contributed by atoms with Gasteiger partial charge in [0.2, 0.25) is 5.91 Å². The molecule has 1 amide bonds. The van der Waals surface area contributed by atoms with E-state index in [2.05, 4.69) is 10.6 Å². The summed E-state index contributed by atoms with van der Waals surface area (Å²) < 4.78 is 12.1. The molecule has 0 bridgehead atoms. The maximum absolute atomic E-state index is 11.5. The van der Waals surface area contributed by atoms with Gasteiger partial charge < -0.3 is 20.1 Å². The van der Waals surface area contributed by atoms with Crippen LogP contribution in [0, 0.1) is 5.92 Å². The molecule has 2 N–H and O–H groups in total. The van der Waals surface area contributed by atoms with Crippen LogP contribution in [-0.2, 0) is 14.3 Å². The van der Waals surface area contributed by atoms with Gasteiger partial charge in [0.25, 0.3) is 0 Å². The minimum atomic E-state index is -0.0713. The first-order valence-corrected chi connectivity index (χ1v) is 9.36. The molecule has 1 saturated heterocycles. The quantitative estimate of drug-likeness (QED) is 0.718. The summed E-state index contributed by atoms with van der Waals surface area (Å²) in [6, 6.07) is -0.0713. The average Bonchev–Trinajstić information content (AvgIpc) is 2.58. The third-order valence-corrected chi connectivity index (χ3v) is 5.04. The van der Waals surface area contributed by atoms with Crippen molar-refractivity contribution >= 4 is 5.91 Å². The van der Waals surface area contributed by atoms with Crippen LogP contribution in [-0.4, -0.2) is 50.5 Å². The van der Waals surface area contributed by atoms with E-state index in [-0.39, 0.29) is 24.2 Å². The molecule has 5 nitrogen and oxygen atoms in total. The van der Waals surface area contributed by atoms with Gasteiger partial charge in [0.15, 0.2) is 0 Å². The highest BCUT2D eigenvalue weighted by molar-refractivity contribution is 5.73. The fourth-order valence-corrected chi connectivity index (χ4v) is 3.52. The van der Waals surface area contributed by atoms with E-state index in [4.69, 9.17) is 9.47 Å². The summed E-state index contributed by atoms with van der Waals surface area (Å²) in [4.78, 5) is 11.5. The second-order valence-corrected chi connectivity index (χ2v) is 7.15. The normalized spacial score (nSPS) is 25.7. The summed E-state index contributed by atoms with van der Waals surface area (Å²) in [6.07, 6.45) is 9.07. The Bertz CT molecular complexity index is 339. The number of hydrogen-bond donors (Lipinski definition) is 2. The molecule has 1 saturated carbocycles. The monoisotopic (exact) mass is 326 g/mol. The van der Waals surface area contributed by atoms with Gasteiger partial charge in [-0.15, -0.1) is 0 Å². The van der Waals surface area contributed by atoms with E-state index < -0.39 is 0 Å². The van der Waals surface area contributed by atoms with Crippen LogP contribution in [0.2, 0.25) is 0 Å². The molecule has 0 radical (unpaired) electrons. The number of hydrogen-bond acceptors (Lipinski definition) is 4. The van der Waals surface area contributed by atoms with Crippen LogP contribution < -0.4 is 10.6 Å². The number of carbonyl (C=O) groups excluding carboxylic acids is 1. The van der Waals surface area contributed by atoms with Gasteiger partial charge in [0, 0.05) is 20.1 Å². The van der Waals surface area contributed by atoms with Crippen LogP contribution >= 0.6 is 0 Å². The molecule has 0 aromatic heterocycles. The van der Waals surface area contributed by atoms with Gasteiger partial charge in [-0.3, -0.25) is 4.79 Å². The molecule has 3 unspecified atom stereocenters. The first kappa shape index (κ1) is 18.7. The lowest BCUT2D eigenvalue weighted by Gasteiger charge is -2.30. The van der Waals surface area contributed by atoms with Gasteiger partial charge in [0.05, 0.1) is 24.9 Å². The smallest absolute Gasteiger partial charge is 0.217 e. The van der Waals surface area contributed by atoms with Gasteiger partial charge in [-0.2, -0.15) is 0 Å². The molecule has 0 aromatic carbocycles. The molecule has 2 aliphatic rings. The topological polar surface area (TPSA) is 59.6 Å². The van der Waals surface area contributed by atoms with Crippen molar-refractivity contribution in [3.05, 3.63) is 0 Å². The molecule has 23 heavy (non-hydrogen) atoms. The van der Waals surface area contributed by atoms with Gasteiger partial charge in [-0.05, 0) is 45.1 Å². The van der Waals surface area contributed by atoms with Crippen LogP contribution in [0.3, 0.4) is 0 Å². The Labute approximate surface area is 140 Å². The Balaban J connectivity index is 1.74. The predicted molar refractivity (Wildman–Crippen MR) is 91.4 cm³/mol. The minimum absolute atomic E-state index is 0.0163. The van der Waals surface area contributed by atoms with Crippen molar-refractivity contribution < 1.29 is 14.3 Å². The second-order valence-electron chi connectivity index (χ2n) is 7.15. The van der Waals surface area contributed by atoms with Crippen molar-refractivity contribution in [2.24, 2.45) is 5.92 Å². The Morgan fingerprint density at radius 3 is 2.65 bits per heavy atom. The summed E-state index contributed by atoms with van der Waals surface area (Å²) in [5, 5.41) is 6.35. The van der Waals surface area contributed by atoms with Crippen molar-refractivity contribution in [1.82, 2.24) is 10.6 Å². The van der Waals surface area contributed by atoms with Crippen LogP contribution in [0.25, 0.3) is 0 Å². The number of nitrogens with one attached hydrogen (secondary N) is 2. The molecule has 0 aromatic rings. The Kier molecular flexibility index (Phi) is 8.34. The van der Waals surface area contributed by atoms with Crippen LogP contribution in [0.1, 0.15) is 58.8 Å². The maximum atomic E-state index is 11.5. The summed E-state index contributed by atoms with van der Waals surface area (Å²) in [5.74, 6) is 0.668. The second kappa shape index (κ2) is 10.3. The molecule has 1 heterocycles. The highest BCUT2D eigenvalue weighted by Gasteiger charge is 2.23. The van der Waals surface area contributed by atoms with E-state index >= 15 is 0 Å². The molecule has 2 fully saturated rings. The zero-order valence-corrected chi connectivity index (χ0v) is 14.8. The zero-order chi connectivity index (χ0) is 16.5. The van der Waals surface area contributed by atoms with Crippen LogP contribution in [0.15, 0.2) is 0 Å². The summed E-state index contributed by atoms with van der Waals surface area (Å²) in [6.45, 7) is 6.93. The molecule has 1 aliphatic heterocycles. The fraction of sp³-hybridized carbons (Fsp3) is 0.944. The lowest BCUT2D eigenvalue weighted by atomic mass is 9.90. The lowest BCUT2D eigenvalue weighted by molar-refractivity contribution is -0.122. The van der Waals surface area contributed by atoms with Gasteiger partial charge in [-0.1, -0.05) is 19.3 Å². The number of piperidine rings is 1. The van der Waals surface area contributed by atoms with Crippen molar-refractivity contribution in [2.75, 3.05) is 26.3 Å². The van der Waals surface area contributed by atoms with E-state index in [1.54, 1.807) is 6.92 Å². The van der Waals surface area contributed by atoms with Crippen molar-refractivity contribution in [1.29, 1.82) is 0 Å². The SMILES string of the molecule is CC(=O)NC(COC1CCCNC1)C(C)OCC1CCCCC1. The number of carbonyl (C=O) groups is 1. The molecular formula is C18H34N2O3. The molecule has 2 rings (SSSR count). The van der Waals surface area contributed by atoms with Crippen LogP contribution in [0.4, 0.5) is 0 Å². The highest BCUT2D eigenvalue weighted by atomic mass is 16.5. The average molecular weight is 326 g/mol. The van der Waals surface area contributed by atoms with Crippen molar-refractivity contribution in [3.8, 4) is 0 Å². The summed E-state index contributed by atoms with van der Waals surface area (Å²) >= 11 is 0. The molecule has 3 atom stereocenters. The largest absolute Gasteiger partial charge is 0.376 e. The Hall–Kier alpha value is -0.650. The third kappa shape index (κ3) is 7.19. The molecule has 134 valence electrons. The standard InChI is InChI=1S/C18H34N2O3/c1-14(22-12-16-7-4-3-5-8-16)18(20-15(2)21)13-23-17-9-6-10-19-11-17/h14,16-19H,3-13H2,1-2H3,(H,20,21). The van der Waals surface area contributed by atoms with Gasteiger partial charge in [0.1, 0.15) is 0 Å². The highest BCUT2D eigenvalue weighted by Crippen LogP contribution is 2.24. The summed E-state index contributed by atoms with van der Waals surface area (Å²) in [7, 11) is 0. The molecule has 5 heteroatoms.